The maximum Gasteiger partial charge on any atom is 0.167 e. The number of hydrogen-bond donors (Lipinski definition) is 3. The molecule has 1 saturated carbocycles. The summed E-state index contributed by atoms with van der Waals surface area (Å²) in [6.45, 7) is 4.82. The molecule has 0 amide bonds. The first-order valence-electron chi connectivity index (χ1n) is 7.86. The highest BCUT2D eigenvalue weighted by Crippen LogP contribution is 2.28. The molecule has 3 atom stereocenters. The first-order valence-corrected chi connectivity index (χ1v) is 8.26. The van der Waals surface area contributed by atoms with Gasteiger partial charge in [0.1, 0.15) is 0 Å². The van der Waals surface area contributed by atoms with Crippen molar-refractivity contribution in [2.24, 2.45) is 5.92 Å². The highest BCUT2D eigenvalue weighted by Gasteiger charge is 2.36. The van der Waals surface area contributed by atoms with E-state index < -0.39 is 0 Å². The molecule has 0 aromatic heterocycles. The van der Waals surface area contributed by atoms with Crippen molar-refractivity contribution in [3.8, 4) is 0 Å². The Morgan fingerprint density at radius 2 is 1.89 bits per heavy atom. The zero-order chi connectivity index (χ0) is 13.1. The van der Waals surface area contributed by atoms with E-state index in [1.807, 2.05) is 0 Å². The Hall–Kier alpha value is -0.390. The Morgan fingerprint density at radius 3 is 2.74 bits per heavy atom. The van der Waals surface area contributed by atoms with Gasteiger partial charge in [0.2, 0.25) is 0 Å². The fourth-order valence-electron chi connectivity index (χ4n) is 3.78. The second kappa shape index (κ2) is 6.37. The second-order valence-electron chi connectivity index (χ2n) is 6.15. The first kappa shape index (κ1) is 13.6. The predicted octanol–water partition coefficient (Wildman–Crippen LogP) is 1.03. The van der Waals surface area contributed by atoms with Crippen LogP contribution < -0.4 is 16.0 Å². The fourth-order valence-corrected chi connectivity index (χ4v) is 4.06. The van der Waals surface area contributed by atoms with Gasteiger partial charge in [-0.2, -0.15) is 0 Å². The molecule has 3 rings (SSSR count). The van der Waals surface area contributed by atoms with Gasteiger partial charge in [-0.3, -0.25) is 5.32 Å². The molecule has 2 aliphatic heterocycles. The Bertz CT molecular complexity index is 317. The number of thiocarbonyl (C=S) groups is 1. The molecule has 3 aliphatic rings. The second-order valence-corrected chi connectivity index (χ2v) is 6.56. The van der Waals surface area contributed by atoms with Crippen LogP contribution in [-0.4, -0.2) is 48.4 Å². The number of likely N-dealkylation sites (tertiary alicyclic amines) is 1. The third kappa shape index (κ3) is 3.38. The van der Waals surface area contributed by atoms with E-state index in [4.69, 9.17) is 12.2 Å². The SMILES string of the molecule is S=C1NC2CCCCC2C(NCCN2CCCC2)N1. The summed E-state index contributed by atoms with van der Waals surface area (Å²) in [5.74, 6) is 0.694. The quantitative estimate of drug-likeness (QED) is 0.672. The summed E-state index contributed by atoms with van der Waals surface area (Å²) in [6.07, 6.45) is 8.42. The molecule has 5 heteroatoms. The van der Waals surface area contributed by atoms with E-state index in [2.05, 4.69) is 20.9 Å². The number of nitrogens with zero attached hydrogens (tertiary/aromatic N) is 1. The summed E-state index contributed by atoms with van der Waals surface area (Å²) in [4.78, 5) is 2.56. The summed E-state index contributed by atoms with van der Waals surface area (Å²) in [6, 6.07) is 0.590. The summed E-state index contributed by atoms with van der Waals surface area (Å²) >= 11 is 5.34. The van der Waals surface area contributed by atoms with E-state index in [9.17, 15) is 0 Å². The summed E-state index contributed by atoms with van der Waals surface area (Å²) in [5, 5.41) is 11.4. The normalized spacial score (nSPS) is 35.6. The highest BCUT2D eigenvalue weighted by atomic mass is 32.1. The third-order valence-corrected chi connectivity index (χ3v) is 5.08. The minimum absolute atomic E-state index is 0.377. The van der Waals surface area contributed by atoms with Gasteiger partial charge in [-0.05, 0) is 51.0 Å². The molecule has 0 bridgehead atoms. The summed E-state index contributed by atoms with van der Waals surface area (Å²) in [5.41, 5.74) is 0. The van der Waals surface area contributed by atoms with Gasteiger partial charge in [0.05, 0.1) is 6.17 Å². The van der Waals surface area contributed by atoms with Crippen molar-refractivity contribution in [2.45, 2.75) is 50.7 Å². The van der Waals surface area contributed by atoms with Gasteiger partial charge in [-0.15, -0.1) is 0 Å². The van der Waals surface area contributed by atoms with E-state index in [-0.39, 0.29) is 0 Å². The van der Waals surface area contributed by atoms with Crippen molar-refractivity contribution < 1.29 is 0 Å². The molecule has 3 N–H and O–H groups in total. The Kier molecular flexibility index (Phi) is 4.56. The van der Waals surface area contributed by atoms with Crippen molar-refractivity contribution in [2.75, 3.05) is 26.2 Å². The molecule has 0 aromatic rings. The van der Waals surface area contributed by atoms with Gasteiger partial charge in [-0.1, -0.05) is 12.8 Å². The lowest BCUT2D eigenvalue weighted by molar-refractivity contribution is 0.185. The monoisotopic (exact) mass is 282 g/mol. The lowest BCUT2D eigenvalue weighted by Crippen LogP contribution is -2.65. The van der Waals surface area contributed by atoms with E-state index in [1.54, 1.807) is 0 Å². The maximum absolute atomic E-state index is 5.34. The zero-order valence-electron chi connectivity index (χ0n) is 11.7. The van der Waals surface area contributed by atoms with Crippen molar-refractivity contribution in [1.29, 1.82) is 0 Å². The predicted molar refractivity (Wildman–Crippen MR) is 82.1 cm³/mol. The average molecular weight is 282 g/mol. The van der Waals surface area contributed by atoms with Gasteiger partial charge >= 0.3 is 0 Å². The van der Waals surface area contributed by atoms with E-state index in [1.165, 1.54) is 58.2 Å². The van der Waals surface area contributed by atoms with Gasteiger partial charge in [-0.25, -0.2) is 0 Å². The number of fused-ring (bicyclic) bond motifs is 1. The minimum atomic E-state index is 0.377. The van der Waals surface area contributed by atoms with E-state index >= 15 is 0 Å². The van der Waals surface area contributed by atoms with Crippen LogP contribution in [0.25, 0.3) is 0 Å². The van der Waals surface area contributed by atoms with Crippen molar-refractivity contribution in [3.63, 3.8) is 0 Å². The third-order valence-electron chi connectivity index (χ3n) is 4.84. The van der Waals surface area contributed by atoms with Crippen LogP contribution >= 0.6 is 12.2 Å². The molecule has 108 valence electrons. The molecule has 1 aliphatic carbocycles. The largest absolute Gasteiger partial charge is 0.360 e. The van der Waals surface area contributed by atoms with Crippen LogP contribution in [0.1, 0.15) is 38.5 Å². The molecule has 0 spiro atoms. The topological polar surface area (TPSA) is 39.3 Å². The smallest absolute Gasteiger partial charge is 0.167 e. The highest BCUT2D eigenvalue weighted by molar-refractivity contribution is 7.80. The number of nitrogens with one attached hydrogen (secondary N) is 3. The van der Waals surface area contributed by atoms with Gasteiger partial charge in [0.15, 0.2) is 5.11 Å². The Morgan fingerprint density at radius 1 is 1.11 bits per heavy atom. The molecular formula is C14H26N4S. The fraction of sp³-hybridized carbons (Fsp3) is 0.929. The van der Waals surface area contributed by atoms with E-state index in [0.29, 0.717) is 18.1 Å². The van der Waals surface area contributed by atoms with Gasteiger partial charge < -0.3 is 15.5 Å². The zero-order valence-corrected chi connectivity index (χ0v) is 12.5. The molecule has 0 aromatic carbocycles. The van der Waals surface area contributed by atoms with Crippen LogP contribution in [0.4, 0.5) is 0 Å². The van der Waals surface area contributed by atoms with Crippen molar-refractivity contribution in [3.05, 3.63) is 0 Å². The lowest BCUT2D eigenvalue weighted by Gasteiger charge is -2.43. The molecule has 3 unspecified atom stereocenters. The van der Waals surface area contributed by atoms with Gasteiger partial charge in [0.25, 0.3) is 0 Å². The molecule has 3 fully saturated rings. The van der Waals surface area contributed by atoms with Crippen LogP contribution in [0.15, 0.2) is 0 Å². The first-order chi connectivity index (χ1) is 9.33. The van der Waals surface area contributed by atoms with Crippen LogP contribution in [0.5, 0.6) is 0 Å². The minimum Gasteiger partial charge on any atom is -0.360 e. The van der Waals surface area contributed by atoms with Crippen LogP contribution in [-0.2, 0) is 0 Å². The number of rotatable bonds is 4. The Labute approximate surface area is 121 Å². The molecule has 2 heterocycles. The summed E-state index contributed by atoms with van der Waals surface area (Å²) in [7, 11) is 0. The van der Waals surface area contributed by atoms with Crippen LogP contribution in [0.3, 0.4) is 0 Å². The lowest BCUT2D eigenvalue weighted by atomic mass is 9.81. The van der Waals surface area contributed by atoms with Crippen molar-refractivity contribution in [1.82, 2.24) is 20.9 Å². The molecular weight excluding hydrogens is 256 g/mol. The molecule has 0 radical (unpaired) electrons. The standard InChI is InChI=1S/C14H26N4S/c19-14-16-12-6-2-1-5-11(12)13(17-14)15-7-10-18-8-3-4-9-18/h11-13,15H,1-10H2,(H2,16,17,19). The van der Waals surface area contributed by atoms with Crippen molar-refractivity contribution >= 4 is 17.3 Å². The Balaban J connectivity index is 1.48. The van der Waals surface area contributed by atoms with Gasteiger partial charge in [0, 0.05) is 25.0 Å². The van der Waals surface area contributed by atoms with E-state index in [0.717, 1.165) is 11.7 Å². The maximum atomic E-state index is 5.34. The molecule has 4 nitrogen and oxygen atoms in total. The van der Waals surface area contributed by atoms with Crippen LogP contribution in [0, 0.1) is 5.92 Å². The average Bonchev–Trinajstić information content (AvgIpc) is 2.91. The number of hydrogen-bond acceptors (Lipinski definition) is 3. The molecule has 2 saturated heterocycles. The molecule has 19 heavy (non-hydrogen) atoms. The van der Waals surface area contributed by atoms with Crippen LogP contribution in [0.2, 0.25) is 0 Å². The summed E-state index contributed by atoms with van der Waals surface area (Å²) < 4.78 is 0.